The van der Waals surface area contributed by atoms with Crippen molar-refractivity contribution in [1.82, 2.24) is 14.9 Å². The third-order valence-electron chi connectivity index (χ3n) is 5.35. The van der Waals surface area contributed by atoms with E-state index in [0.29, 0.717) is 19.1 Å². The van der Waals surface area contributed by atoms with Crippen LogP contribution in [0.25, 0.3) is 0 Å². The predicted octanol–water partition coefficient (Wildman–Crippen LogP) is 1.56. The summed E-state index contributed by atoms with van der Waals surface area (Å²) in [5.41, 5.74) is 1.88. The summed E-state index contributed by atoms with van der Waals surface area (Å²) in [6.07, 6.45) is 4.59. The molecule has 3 rings (SSSR count). The Hall–Kier alpha value is -1.69. The molecule has 0 N–H and O–H groups in total. The minimum atomic E-state index is -0.239. The molecule has 126 valence electrons. The van der Waals surface area contributed by atoms with Crippen LogP contribution in [0.5, 0.6) is 0 Å². The number of hydrogen-bond acceptors (Lipinski definition) is 5. The number of methoxy groups -OCH3 is 1. The summed E-state index contributed by atoms with van der Waals surface area (Å²) in [6.45, 7) is 7.88. The van der Waals surface area contributed by atoms with Gasteiger partial charge in [0.15, 0.2) is 0 Å². The molecule has 6 nitrogen and oxygen atoms in total. The molecule has 2 fully saturated rings. The van der Waals surface area contributed by atoms with E-state index in [0.717, 1.165) is 56.0 Å². The lowest BCUT2D eigenvalue weighted by atomic mass is 9.78. The molecule has 1 aromatic heterocycles. The molecule has 2 aliphatic heterocycles. The summed E-state index contributed by atoms with van der Waals surface area (Å²) < 4.78 is 5.14. The fourth-order valence-corrected chi connectivity index (χ4v) is 3.84. The molecule has 0 radical (unpaired) electrons. The van der Waals surface area contributed by atoms with Crippen molar-refractivity contribution in [2.45, 2.75) is 33.1 Å². The molecule has 0 unspecified atom stereocenters. The quantitative estimate of drug-likeness (QED) is 0.843. The largest absolute Gasteiger partial charge is 0.383 e. The van der Waals surface area contributed by atoms with Gasteiger partial charge >= 0.3 is 0 Å². The highest BCUT2D eigenvalue weighted by atomic mass is 16.5. The maximum Gasteiger partial charge on any atom is 0.230 e. The van der Waals surface area contributed by atoms with Crippen LogP contribution in [-0.2, 0) is 9.53 Å². The van der Waals surface area contributed by atoms with Gasteiger partial charge in [0.1, 0.15) is 12.1 Å². The van der Waals surface area contributed by atoms with Crippen molar-refractivity contribution in [3.8, 4) is 0 Å². The minimum Gasteiger partial charge on any atom is -0.383 e. The molecule has 23 heavy (non-hydrogen) atoms. The number of anilines is 1. The zero-order valence-electron chi connectivity index (χ0n) is 14.3. The Morgan fingerprint density at radius 2 is 2.09 bits per heavy atom. The van der Waals surface area contributed by atoms with E-state index in [1.165, 1.54) is 0 Å². The van der Waals surface area contributed by atoms with Crippen LogP contribution in [0.3, 0.4) is 0 Å². The summed E-state index contributed by atoms with van der Waals surface area (Å²) in [5, 5.41) is 0. The van der Waals surface area contributed by atoms with Crippen LogP contribution in [0, 0.1) is 19.3 Å². The van der Waals surface area contributed by atoms with Crippen molar-refractivity contribution in [2.24, 2.45) is 5.41 Å². The molecular formula is C17H26N4O2. The second-order valence-corrected chi connectivity index (χ2v) is 6.75. The SMILES string of the molecule is COCCN1CCC[C@@]2(CCN(c3ncnc(C)c3C)C2)C1=O. The Labute approximate surface area is 137 Å². The summed E-state index contributed by atoms with van der Waals surface area (Å²) in [5.74, 6) is 1.28. The Kier molecular flexibility index (Phi) is 4.53. The van der Waals surface area contributed by atoms with Gasteiger partial charge in [0.25, 0.3) is 0 Å². The Morgan fingerprint density at radius 1 is 1.26 bits per heavy atom. The van der Waals surface area contributed by atoms with Gasteiger partial charge in [-0.25, -0.2) is 9.97 Å². The Morgan fingerprint density at radius 3 is 2.87 bits per heavy atom. The number of rotatable bonds is 4. The molecule has 1 atom stereocenters. The van der Waals surface area contributed by atoms with E-state index in [9.17, 15) is 4.79 Å². The summed E-state index contributed by atoms with van der Waals surface area (Å²) in [6, 6.07) is 0. The molecule has 0 aliphatic carbocycles. The van der Waals surface area contributed by atoms with Crippen LogP contribution >= 0.6 is 0 Å². The number of carbonyl (C=O) groups excluding carboxylic acids is 1. The number of piperidine rings is 1. The van der Waals surface area contributed by atoms with Gasteiger partial charge in [-0.15, -0.1) is 0 Å². The first kappa shape index (κ1) is 16.2. The van der Waals surface area contributed by atoms with Gasteiger partial charge < -0.3 is 14.5 Å². The lowest BCUT2D eigenvalue weighted by Crippen LogP contribution is -2.51. The lowest BCUT2D eigenvalue weighted by Gasteiger charge is -2.39. The lowest BCUT2D eigenvalue weighted by molar-refractivity contribution is -0.145. The third kappa shape index (κ3) is 2.92. The van der Waals surface area contributed by atoms with Crippen LogP contribution in [-0.4, -0.2) is 60.7 Å². The van der Waals surface area contributed by atoms with Crippen molar-refractivity contribution in [2.75, 3.05) is 44.8 Å². The van der Waals surface area contributed by atoms with Crippen LogP contribution in [0.2, 0.25) is 0 Å². The number of ether oxygens (including phenoxy) is 1. The van der Waals surface area contributed by atoms with Crippen LogP contribution in [0.15, 0.2) is 6.33 Å². The van der Waals surface area contributed by atoms with Crippen molar-refractivity contribution in [3.05, 3.63) is 17.6 Å². The normalized spacial score (nSPS) is 24.7. The molecule has 1 aromatic rings. The standard InChI is InChI=1S/C17H26N4O2/c1-13-14(2)18-12-19-15(13)21-8-6-17(11-21)5-4-7-20(16(17)22)9-10-23-3/h12H,4-11H2,1-3H3/t17-/m0/s1. The topological polar surface area (TPSA) is 58.6 Å². The van der Waals surface area contributed by atoms with E-state index < -0.39 is 0 Å². The summed E-state index contributed by atoms with van der Waals surface area (Å²) in [4.78, 5) is 26.0. The van der Waals surface area contributed by atoms with Gasteiger partial charge in [-0.05, 0) is 33.1 Å². The molecule has 1 spiro atoms. The fourth-order valence-electron chi connectivity index (χ4n) is 3.84. The number of nitrogens with zero attached hydrogens (tertiary/aromatic N) is 4. The molecular weight excluding hydrogens is 292 g/mol. The average Bonchev–Trinajstić information content (AvgIpc) is 2.97. The smallest absolute Gasteiger partial charge is 0.230 e. The number of carbonyl (C=O) groups is 1. The van der Waals surface area contributed by atoms with E-state index >= 15 is 0 Å². The minimum absolute atomic E-state index is 0.239. The van der Waals surface area contributed by atoms with Gasteiger partial charge in [-0.2, -0.15) is 0 Å². The molecule has 2 aliphatic rings. The van der Waals surface area contributed by atoms with Crippen molar-refractivity contribution in [1.29, 1.82) is 0 Å². The molecule has 3 heterocycles. The van der Waals surface area contributed by atoms with Crippen molar-refractivity contribution < 1.29 is 9.53 Å². The number of aryl methyl sites for hydroxylation is 1. The zero-order valence-corrected chi connectivity index (χ0v) is 14.3. The van der Waals surface area contributed by atoms with Gasteiger partial charge in [0.2, 0.25) is 5.91 Å². The third-order valence-corrected chi connectivity index (χ3v) is 5.35. The number of hydrogen-bond donors (Lipinski definition) is 0. The highest BCUT2D eigenvalue weighted by molar-refractivity contribution is 5.85. The van der Waals surface area contributed by atoms with Gasteiger partial charge in [0.05, 0.1) is 12.0 Å². The predicted molar refractivity (Wildman–Crippen MR) is 88.5 cm³/mol. The zero-order chi connectivity index (χ0) is 16.4. The van der Waals surface area contributed by atoms with Gasteiger partial charge in [-0.1, -0.05) is 0 Å². The molecule has 0 aromatic carbocycles. The van der Waals surface area contributed by atoms with Crippen LogP contribution in [0.4, 0.5) is 5.82 Å². The van der Waals surface area contributed by atoms with Crippen LogP contribution in [0.1, 0.15) is 30.5 Å². The molecule has 2 saturated heterocycles. The van der Waals surface area contributed by atoms with E-state index in [-0.39, 0.29) is 5.41 Å². The molecule has 0 bridgehead atoms. The first-order chi connectivity index (χ1) is 11.1. The molecule has 0 saturated carbocycles. The monoisotopic (exact) mass is 318 g/mol. The molecule has 6 heteroatoms. The summed E-state index contributed by atoms with van der Waals surface area (Å²) >= 11 is 0. The first-order valence-corrected chi connectivity index (χ1v) is 8.39. The number of aromatic nitrogens is 2. The summed E-state index contributed by atoms with van der Waals surface area (Å²) in [7, 11) is 1.68. The highest BCUT2D eigenvalue weighted by Crippen LogP contribution is 2.41. The van der Waals surface area contributed by atoms with E-state index in [1.54, 1.807) is 13.4 Å². The number of amides is 1. The van der Waals surface area contributed by atoms with E-state index in [4.69, 9.17) is 4.74 Å². The maximum atomic E-state index is 13.0. The Balaban J connectivity index is 1.77. The first-order valence-electron chi connectivity index (χ1n) is 8.39. The highest BCUT2D eigenvalue weighted by Gasteiger charge is 2.48. The van der Waals surface area contributed by atoms with E-state index in [2.05, 4.69) is 21.8 Å². The average molecular weight is 318 g/mol. The maximum absolute atomic E-state index is 13.0. The second-order valence-electron chi connectivity index (χ2n) is 6.75. The fraction of sp³-hybridized carbons (Fsp3) is 0.706. The molecule has 1 amide bonds. The van der Waals surface area contributed by atoms with Crippen molar-refractivity contribution in [3.63, 3.8) is 0 Å². The van der Waals surface area contributed by atoms with Gasteiger partial charge in [-0.3, -0.25) is 4.79 Å². The van der Waals surface area contributed by atoms with Crippen molar-refractivity contribution >= 4 is 11.7 Å². The second kappa shape index (κ2) is 6.43. The number of likely N-dealkylation sites (tertiary alicyclic amines) is 1. The van der Waals surface area contributed by atoms with E-state index in [1.807, 2.05) is 11.8 Å². The Bertz CT molecular complexity index is 592. The van der Waals surface area contributed by atoms with Gasteiger partial charge in [0, 0.05) is 44.5 Å². The van der Waals surface area contributed by atoms with Crippen LogP contribution < -0.4 is 4.90 Å².